The molecule has 1 aromatic rings. The number of hydrogen-bond acceptors (Lipinski definition) is 4. The van der Waals surface area contributed by atoms with Gasteiger partial charge in [-0.2, -0.15) is 0 Å². The largest absolute Gasteiger partial charge is 0.491 e. The Morgan fingerprint density at radius 2 is 1.80 bits per heavy atom. The fourth-order valence-corrected chi connectivity index (χ4v) is 3.05. The average Bonchev–Trinajstić information content (AvgIpc) is 2.43. The third-order valence-electron chi connectivity index (χ3n) is 3.44. The van der Waals surface area contributed by atoms with E-state index in [9.17, 15) is 0 Å². The van der Waals surface area contributed by atoms with Crippen molar-refractivity contribution in [1.29, 1.82) is 0 Å². The van der Waals surface area contributed by atoms with Gasteiger partial charge in [-0.25, -0.2) is 0 Å². The summed E-state index contributed by atoms with van der Waals surface area (Å²) < 4.78 is 6.65. The fraction of sp³-hybridized carbons (Fsp3) is 0.571. The van der Waals surface area contributed by atoms with E-state index in [1.165, 1.54) is 0 Å². The van der Waals surface area contributed by atoms with Crippen molar-refractivity contribution in [2.24, 2.45) is 0 Å². The topological polar surface area (TPSA) is 35.9 Å². The summed E-state index contributed by atoms with van der Waals surface area (Å²) in [5.74, 6) is 0.827. The molecule has 0 unspecified atom stereocenters. The molecule has 1 N–H and O–H groups in total. The van der Waals surface area contributed by atoms with E-state index in [0.29, 0.717) is 11.6 Å². The summed E-state index contributed by atoms with van der Waals surface area (Å²) in [4.78, 5) is 4.67. The lowest BCUT2D eigenvalue weighted by molar-refractivity contribution is 0.101. The standard InChI is InChI=1S/C14H20BrClN2O2/c15-13-11-12(16)1-2-14(13)20-10-8-18-5-3-17(4-6-18)7-9-19/h1-2,11,19H,3-10H2. The number of halogens is 2. The van der Waals surface area contributed by atoms with Crippen LogP contribution in [-0.4, -0.2) is 67.4 Å². The van der Waals surface area contributed by atoms with Crippen LogP contribution in [0.4, 0.5) is 0 Å². The average molecular weight is 364 g/mol. The summed E-state index contributed by atoms with van der Waals surface area (Å²) in [6.45, 7) is 6.71. The molecular weight excluding hydrogens is 344 g/mol. The first-order valence-corrected chi connectivity index (χ1v) is 7.99. The predicted octanol–water partition coefficient (Wildman–Crippen LogP) is 2.09. The molecule has 2 rings (SSSR count). The highest BCUT2D eigenvalue weighted by atomic mass is 79.9. The predicted molar refractivity (Wildman–Crippen MR) is 84.6 cm³/mol. The summed E-state index contributed by atoms with van der Waals surface area (Å²) >= 11 is 9.34. The molecule has 0 aliphatic carbocycles. The number of β-amino-alcohol motifs (C(OH)–C–C–N with tert-alkyl or cyclic N) is 1. The van der Waals surface area contributed by atoms with Gasteiger partial charge in [-0.1, -0.05) is 11.6 Å². The van der Waals surface area contributed by atoms with Gasteiger partial charge in [-0.15, -0.1) is 0 Å². The molecule has 112 valence electrons. The molecule has 1 fully saturated rings. The number of rotatable bonds is 6. The van der Waals surface area contributed by atoms with Crippen molar-refractivity contribution in [2.45, 2.75) is 0 Å². The minimum Gasteiger partial charge on any atom is -0.491 e. The molecule has 20 heavy (non-hydrogen) atoms. The first kappa shape index (κ1) is 16.0. The summed E-state index contributed by atoms with van der Waals surface area (Å²) in [5.41, 5.74) is 0. The van der Waals surface area contributed by atoms with Gasteiger partial charge in [0, 0.05) is 44.3 Å². The van der Waals surface area contributed by atoms with Crippen molar-refractivity contribution < 1.29 is 9.84 Å². The molecule has 1 saturated heterocycles. The van der Waals surface area contributed by atoms with Gasteiger partial charge < -0.3 is 9.84 Å². The first-order valence-electron chi connectivity index (χ1n) is 6.82. The molecule has 0 atom stereocenters. The SMILES string of the molecule is OCCN1CCN(CCOc2ccc(Cl)cc2Br)CC1. The number of ether oxygens (including phenoxy) is 1. The number of aliphatic hydroxyl groups excluding tert-OH is 1. The van der Waals surface area contributed by atoms with Crippen molar-refractivity contribution >= 4 is 27.5 Å². The lowest BCUT2D eigenvalue weighted by atomic mass is 10.3. The number of aliphatic hydroxyl groups is 1. The number of nitrogens with zero attached hydrogens (tertiary/aromatic N) is 2. The zero-order chi connectivity index (χ0) is 14.4. The highest BCUT2D eigenvalue weighted by Gasteiger charge is 2.15. The Morgan fingerprint density at radius 3 is 2.40 bits per heavy atom. The fourth-order valence-electron chi connectivity index (χ4n) is 2.25. The minimum atomic E-state index is 0.244. The van der Waals surface area contributed by atoms with Crippen LogP contribution in [0.15, 0.2) is 22.7 Å². The molecule has 0 radical (unpaired) electrons. The molecule has 0 amide bonds. The van der Waals surface area contributed by atoms with Gasteiger partial charge in [0.1, 0.15) is 12.4 Å². The van der Waals surface area contributed by atoms with Crippen LogP contribution in [0.5, 0.6) is 5.75 Å². The first-order chi connectivity index (χ1) is 9.69. The van der Waals surface area contributed by atoms with E-state index >= 15 is 0 Å². The number of hydrogen-bond donors (Lipinski definition) is 1. The maximum atomic E-state index is 8.91. The Balaban J connectivity index is 1.69. The maximum absolute atomic E-state index is 8.91. The molecule has 6 heteroatoms. The Kier molecular flexibility index (Phi) is 6.58. The highest BCUT2D eigenvalue weighted by molar-refractivity contribution is 9.10. The molecule has 1 aromatic carbocycles. The molecule has 0 aromatic heterocycles. The van der Waals surface area contributed by atoms with E-state index in [0.717, 1.165) is 49.5 Å². The molecule has 4 nitrogen and oxygen atoms in total. The second kappa shape index (κ2) is 8.20. The van der Waals surface area contributed by atoms with Crippen LogP contribution < -0.4 is 4.74 Å². The zero-order valence-electron chi connectivity index (χ0n) is 11.4. The normalized spacial score (nSPS) is 17.4. The van der Waals surface area contributed by atoms with Gasteiger partial charge in [-0.3, -0.25) is 9.80 Å². The van der Waals surface area contributed by atoms with Crippen molar-refractivity contribution in [2.75, 3.05) is 52.5 Å². The third-order valence-corrected chi connectivity index (χ3v) is 4.29. The highest BCUT2D eigenvalue weighted by Crippen LogP contribution is 2.27. The maximum Gasteiger partial charge on any atom is 0.133 e. The molecule has 1 aliphatic heterocycles. The van der Waals surface area contributed by atoms with Gasteiger partial charge >= 0.3 is 0 Å². The summed E-state index contributed by atoms with van der Waals surface area (Å²) in [7, 11) is 0. The molecular formula is C14H20BrClN2O2. The van der Waals surface area contributed by atoms with Gasteiger partial charge in [0.05, 0.1) is 11.1 Å². The monoisotopic (exact) mass is 362 g/mol. The van der Waals surface area contributed by atoms with Gasteiger partial charge in [0.15, 0.2) is 0 Å². The quantitative estimate of drug-likeness (QED) is 0.839. The van der Waals surface area contributed by atoms with Crippen LogP contribution in [0, 0.1) is 0 Å². The smallest absolute Gasteiger partial charge is 0.133 e. The number of piperazine rings is 1. The minimum absolute atomic E-state index is 0.244. The molecule has 0 bridgehead atoms. The lowest BCUT2D eigenvalue weighted by Gasteiger charge is -2.34. The lowest BCUT2D eigenvalue weighted by Crippen LogP contribution is -2.48. The van der Waals surface area contributed by atoms with E-state index in [1.807, 2.05) is 18.2 Å². The van der Waals surface area contributed by atoms with Crippen molar-refractivity contribution in [3.63, 3.8) is 0 Å². The van der Waals surface area contributed by atoms with Crippen molar-refractivity contribution in [3.05, 3.63) is 27.7 Å². The van der Waals surface area contributed by atoms with Crippen LogP contribution in [0.3, 0.4) is 0 Å². The Bertz CT molecular complexity index is 426. The molecule has 1 aliphatic rings. The van der Waals surface area contributed by atoms with Crippen LogP contribution in [0.25, 0.3) is 0 Å². The van der Waals surface area contributed by atoms with E-state index in [2.05, 4.69) is 25.7 Å². The van der Waals surface area contributed by atoms with Crippen molar-refractivity contribution in [3.8, 4) is 5.75 Å². The van der Waals surface area contributed by atoms with Crippen molar-refractivity contribution in [1.82, 2.24) is 9.80 Å². The van der Waals surface area contributed by atoms with E-state index in [4.69, 9.17) is 21.4 Å². The zero-order valence-corrected chi connectivity index (χ0v) is 13.7. The molecule has 0 saturated carbocycles. The Hall–Kier alpha value is -0.330. The van der Waals surface area contributed by atoms with E-state index in [1.54, 1.807) is 0 Å². The van der Waals surface area contributed by atoms with Crippen LogP contribution in [0.1, 0.15) is 0 Å². The van der Waals surface area contributed by atoms with E-state index in [-0.39, 0.29) is 6.61 Å². The van der Waals surface area contributed by atoms with Crippen LogP contribution in [0.2, 0.25) is 5.02 Å². The third kappa shape index (κ3) is 4.90. The van der Waals surface area contributed by atoms with Gasteiger partial charge in [0.2, 0.25) is 0 Å². The number of benzene rings is 1. The summed E-state index contributed by atoms with van der Waals surface area (Å²) in [5, 5.41) is 9.61. The summed E-state index contributed by atoms with van der Waals surface area (Å²) in [6, 6.07) is 5.55. The van der Waals surface area contributed by atoms with Gasteiger partial charge in [-0.05, 0) is 34.1 Å². The second-order valence-corrected chi connectivity index (χ2v) is 6.12. The molecule has 0 spiro atoms. The molecule has 1 heterocycles. The Morgan fingerprint density at radius 1 is 1.15 bits per heavy atom. The van der Waals surface area contributed by atoms with Crippen LogP contribution >= 0.6 is 27.5 Å². The second-order valence-electron chi connectivity index (χ2n) is 4.83. The van der Waals surface area contributed by atoms with Crippen LogP contribution in [-0.2, 0) is 0 Å². The van der Waals surface area contributed by atoms with Gasteiger partial charge in [0.25, 0.3) is 0 Å². The van der Waals surface area contributed by atoms with E-state index < -0.39 is 0 Å². The summed E-state index contributed by atoms with van der Waals surface area (Å²) in [6.07, 6.45) is 0. The Labute approximate surface area is 133 Å².